The van der Waals surface area contributed by atoms with Gasteiger partial charge < -0.3 is 10.2 Å². The lowest BCUT2D eigenvalue weighted by molar-refractivity contribution is 0.148. The number of likely N-dealkylation sites (tertiary alicyclic amines) is 1. The third-order valence-electron chi connectivity index (χ3n) is 4.89. The first kappa shape index (κ1) is 16.0. The number of rotatable bonds is 8. The van der Waals surface area contributed by atoms with Gasteiger partial charge in [-0.15, -0.1) is 0 Å². The van der Waals surface area contributed by atoms with Crippen molar-refractivity contribution in [3.05, 3.63) is 0 Å². The van der Waals surface area contributed by atoms with Gasteiger partial charge in [0.2, 0.25) is 0 Å². The van der Waals surface area contributed by atoms with Crippen LogP contribution in [0.5, 0.6) is 0 Å². The van der Waals surface area contributed by atoms with Crippen molar-refractivity contribution in [1.82, 2.24) is 10.2 Å². The van der Waals surface area contributed by atoms with Gasteiger partial charge in [0.25, 0.3) is 0 Å². The second kappa shape index (κ2) is 7.49. The van der Waals surface area contributed by atoms with Crippen LogP contribution in [0, 0.1) is 11.3 Å². The summed E-state index contributed by atoms with van der Waals surface area (Å²) in [5, 5.41) is 3.66. The molecule has 1 N–H and O–H groups in total. The molecule has 1 atom stereocenters. The summed E-state index contributed by atoms with van der Waals surface area (Å²) in [5.74, 6) is 0.953. The molecule has 1 heterocycles. The van der Waals surface area contributed by atoms with Crippen LogP contribution in [0.3, 0.4) is 0 Å². The molecule has 0 aromatic heterocycles. The van der Waals surface area contributed by atoms with Gasteiger partial charge in [0.1, 0.15) is 0 Å². The zero-order valence-electron chi connectivity index (χ0n) is 13.3. The minimum absolute atomic E-state index is 0.479. The van der Waals surface area contributed by atoms with E-state index in [1.54, 1.807) is 0 Å². The highest BCUT2D eigenvalue weighted by Gasteiger charge is 2.31. The quantitative estimate of drug-likeness (QED) is 0.713. The van der Waals surface area contributed by atoms with Crippen LogP contribution in [0.4, 0.5) is 0 Å². The van der Waals surface area contributed by atoms with Gasteiger partial charge in [0.15, 0.2) is 0 Å². The van der Waals surface area contributed by atoms with E-state index < -0.39 is 0 Å². The number of nitrogens with zero attached hydrogens (tertiary/aromatic N) is 1. The third kappa shape index (κ3) is 4.55. The third-order valence-corrected chi connectivity index (χ3v) is 4.89. The summed E-state index contributed by atoms with van der Waals surface area (Å²) in [6, 6.07) is 0.601. The summed E-state index contributed by atoms with van der Waals surface area (Å²) >= 11 is 0. The van der Waals surface area contributed by atoms with Crippen molar-refractivity contribution in [2.24, 2.45) is 11.3 Å². The average molecular weight is 254 g/mol. The lowest BCUT2D eigenvalue weighted by atomic mass is 9.81. The molecule has 0 aliphatic carbocycles. The van der Waals surface area contributed by atoms with Gasteiger partial charge in [-0.2, -0.15) is 0 Å². The van der Waals surface area contributed by atoms with Gasteiger partial charge in [-0.1, -0.05) is 41.0 Å². The van der Waals surface area contributed by atoms with Gasteiger partial charge in [0, 0.05) is 25.7 Å². The van der Waals surface area contributed by atoms with Crippen LogP contribution in [0.15, 0.2) is 0 Å². The molecule has 1 aliphatic heterocycles. The molecule has 0 radical (unpaired) electrons. The van der Waals surface area contributed by atoms with Crippen LogP contribution in [0.25, 0.3) is 0 Å². The SMILES string of the molecule is CCC1CCN(CC(CC)(CC)CNC(C)C)C1. The van der Waals surface area contributed by atoms with E-state index in [4.69, 9.17) is 0 Å². The number of nitrogens with one attached hydrogen (secondary N) is 1. The molecule has 1 aliphatic rings. The second-order valence-corrected chi connectivity index (χ2v) is 6.54. The molecule has 0 spiro atoms. The summed E-state index contributed by atoms with van der Waals surface area (Å²) in [6.45, 7) is 16.7. The molecule has 1 rings (SSSR count). The van der Waals surface area contributed by atoms with Gasteiger partial charge >= 0.3 is 0 Å². The van der Waals surface area contributed by atoms with Crippen molar-refractivity contribution >= 4 is 0 Å². The Kier molecular flexibility index (Phi) is 6.65. The zero-order valence-corrected chi connectivity index (χ0v) is 13.3. The van der Waals surface area contributed by atoms with Crippen LogP contribution < -0.4 is 5.32 Å². The van der Waals surface area contributed by atoms with E-state index in [1.807, 2.05) is 0 Å². The normalized spacial score (nSPS) is 22.0. The van der Waals surface area contributed by atoms with Crippen LogP contribution in [-0.4, -0.2) is 37.1 Å². The Labute approximate surface area is 115 Å². The predicted molar refractivity (Wildman–Crippen MR) is 81.0 cm³/mol. The summed E-state index contributed by atoms with van der Waals surface area (Å²) in [5.41, 5.74) is 0.479. The standard InChI is InChI=1S/C16H34N2/c1-6-15-9-10-18(11-15)13-16(7-2,8-3)12-17-14(4)5/h14-15,17H,6-13H2,1-5H3. The van der Waals surface area contributed by atoms with E-state index in [2.05, 4.69) is 44.8 Å². The first-order chi connectivity index (χ1) is 8.55. The molecule has 0 bridgehead atoms. The maximum atomic E-state index is 3.66. The molecule has 108 valence electrons. The first-order valence-electron chi connectivity index (χ1n) is 8.01. The molecule has 1 fully saturated rings. The lowest BCUT2D eigenvalue weighted by Gasteiger charge is -2.36. The summed E-state index contributed by atoms with van der Waals surface area (Å²) in [7, 11) is 0. The lowest BCUT2D eigenvalue weighted by Crippen LogP contribution is -2.44. The van der Waals surface area contributed by atoms with E-state index in [1.165, 1.54) is 51.9 Å². The van der Waals surface area contributed by atoms with E-state index in [9.17, 15) is 0 Å². The van der Waals surface area contributed by atoms with Gasteiger partial charge in [-0.05, 0) is 37.1 Å². The molecule has 0 aromatic carbocycles. The summed E-state index contributed by atoms with van der Waals surface area (Å²) in [4.78, 5) is 2.71. The number of hydrogen-bond acceptors (Lipinski definition) is 2. The van der Waals surface area contributed by atoms with E-state index in [-0.39, 0.29) is 0 Å². The number of hydrogen-bond donors (Lipinski definition) is 1. The maximum absolute atomic E-state index is 3.66. The monoisotopic (exact) mass is 254 g/mol. The summed E-state index contributed by atoms with van der Waals surface area (Å²) in [6.07, 6.45) is 5.34. The van der Waals surface area contributed by atoms with Crippen LogP contribution in [0.2, 0.25) is 0 Å². The van der Waals surface area contributed by atoms with Crippen LogP contribution in [0.1, 0.15) is 60.3 Å². The van der Waals surface area contributed by atoms with Crippen molar-refractivity contribution < 1.29 is 0 Å². The maximum Gasteiger partial charge on any atom is 0.00501 e. The Morgan fingerprint density at radius 1 is 1.22 bits per heavy atom. The van der Waals surface area contributed by atoms with Gasteiger partial charge in [0.05, 0.1) is 0 Å². The zero-order chi connectivity index (χ0) is 13.6. The Bertz CT molecular complexity index is 221. The Balaban J connectivity index is 2.51. The second-order valence-electron chi connectivity index (χ2n) is 6.54. The Morgan fingerprint density at radius 3 is 2.33 bits per heavy atom. The molecular weight excluding hydrogens is 220 g/mol. The highest BCUT2D eigenvalue weighted by atomic mass is 15.2. The Morgan fingerprint density at radius 2 is 1.89 bits per heavy atom. The first-order valence-corrected chi connectivity index (χ1v) is 8.01. The van der Waals surface area contributed by atoms with Gasteiger partial charge in [-0.3, -0.25) is 0 Å². The van der Waals surface area contributed by atoms with Crippen LogP contribution >= 0.6 is 0 Å². The molecule has 0 saturated carbocycles. The fourth-order valence-electron chi connectivity index (χ4n) is 3.06. The molecule has 1 unspecified atom stereocenters. The largest absolute Gasteiger partial charge is 0.314 e. The molecule has 0 aromatic rings. The summed E-state index contributed by atoms with van der Waals surface area (Å²) < 4.78 is 0. The van der Waals surface area contributed by atoms with E-state index in [0.717, 1.165) is 5.92 Å². The molecule has 18 heavy (non-hydrogen) atoms. The predicted octanol–water partition coefficient (Wildman–Crippen LogP) is 3.52. The highest BCUT2D eigenvalue weighted by Crippen LogP contribution is 2.30. The Hall–Kier alpha value is -0.0800. The molecule has 1 saturated heterocycles. The van der Waals surface area contributed by atoms with E-state index >= 15 is 0 Å². The molecule has 2 nitrogen and oxygen atoms in total. The van der Waals surface area contributed by atoms with Gasteiger partial charge in [-0.25, -0.2) is 0 Å². The van der Waals surface area contributed by atoms with Crippen molar-refractivity contribution in [2.45, 2.75) is 66.3 Å². The van der Waals surface area contributed by atoms with Crippen LogP contribution in [-0.2, 0) is 0 Å². The van der Waals surface area contributed by atoms with Crippen molar-refractivity contribution in [1.29, 1.82) is 0 Å². The topological polar surface area (TPSA) is 15.3 Å². The smallest absolute Gasteiger partial charge is 0.00501 e. The fourth-order valence-corrected chi connectivity index (χ4v) is 3.06. The molecule has 0 amide bonds. The highest BCUT2D eigenvalue weighted by molar-refractivity contribution is 4.86. The minimum atomic E-state index is 0.479. The van der Waals surface area contributed by atoms with Crippen molar-refractivity contribution in [3.8, 4) is 0 Å². The molecular formula is C16H34N2. The minimum Gasteiger partial charge on any atom is -0.314 e. The fraction of sp³-hybridized carbons (Fsp3) is 1.00. The average Bonchev–Trinajstić information content (AvgIpc) is 2.82. The molecule has 2 heteroatoms. The van der Waals surface area contributed by atoms with E-state index in [0.29, 0.717) is 11.5 Å². The van der Waals surface area contributed by atoms with Crippen molar-refractivity contribution in [2.75, 3.05) is 26.2 Å². The van der Waals surface area contributed by atoms with Crippen molar-refractivity contribution in [3.63, 3.8) is 0 Å².